The van der Waals surface area contributed by atoms with Gasteiger partial charge in [0.2, 0.25) is 0 Å². The van der Waals surface area contributed by atoms with Crippen molar-refractivity contribution in [3.63, 3.8) is 0 Å². The first-order chi connectivity index (χ1) is 7.79. The number of nitrogens with one attached hydrogen (secondary N) is 1. The molecule has 0 atom stereocenters. The van der Waals surface area contributed by atoms with E-state index in [0.717, 1.165) is 17.2 Å². The van der Waals surface area contributed by atoms with Gasteiger partial charge in [-0.2, -0.15) is 0 Å². The zero-order valence-electron chi connectivity index (χ0n) is 9.27. The average Bonchev–Trinajstić information content (AvgIpc) is 2.73. The SMILES string of the molecule is COc1ccc(OCN2NOC=C2C)cc1. The van der Waals surface area contributed by atoms with Gasteiger partial charge in [-0.3, -0.25) is 0 Å². The van der Waals surface area contributed by atoms with Crippen LogP contribution < -0.4 is 15.1 Å². The molecule has 5 heteroatoms. The van der Waals surface area contributed by atoms with Crippen molar-refractivity contribution in [1.82, 2.24) is 10.6 Å². The molecular formula is C11H14N2O3. The van der Waals surface area contributed by atoms with Gasteiger partial charge in [-0.1, -0.05) is 5.59 Å². The summed E-state index contributed by atoms with van der Waals surface area (Å²) in [4.78, 5) is 4.91. The minimum Gasteiger partial charge on any atom is -0.497 e. The first kappa shape index (κ1) is 10.6. The predicted octanol–water partition coefficient (Wildman–Crippen LogP) is 1.64. The van der Waals surface area contributed by atoms with E-state index in [-0.39, 0.29) is 0 Å². The fourth-order valence-electron chi connectivity index (χ4n) is 1.25. The molecule has 0 aromatic heterocycles. The summed E-state index contributed by atoms with van der Waals surface area (Å²) in [5, 5.41) is 1.75. The lowest BCUT2D eigenvalue weighted by Crippen LogP contribution is -2.33. The second-order valence-electron chi connectivity index (χ2n) is 3.35. The van der Waals surface area contributed by atoms with Crippen molar-refractivity contribution in [1.29, 1.82) is 0 Å². The molecule has 0 fully saturated rings. The molecule has 2 rings (SSSR count). The molecular weight excluding hydrogens is 208 g/mol. The molecule has 1 heterocycles. The minimum absolute atomic E-state index is 0.384. The van der Waals surface area contributed by atoms with E-state index in [2.05, 4.69) is 5.59 Å². The summed E-state index contributed by atoms with van der Waals surface area (Å²) < 4.78 is 10.6. The molecule has 5 nitrogen and oxygen atoms in total. The Bertz CT molecular complexity index is 375. The van der Waals surface area contributed by atoms with E-state index in [1.54, 1.807) is 18.4 Å². The molecule has 1 aromatic rings. The molecule has 86 valence electrons. The highest BCUT2D eigenvalue weighted by Gasteiger charge is 2.11. The summed E-state index contributed by atoms with van der Waals surface area (Å²) in [6, 6.07) is 7.42. The summed E-state index contributed by atoms with van der Waals surface area (Å²) in [5.74, 6) is 1.59. The van der Waals surface area contributed by atoms with Crippen LogP contribution in [0.1, 0.15) is 6.92 Å². The molecule has 0 spiro atoms. The Morgan fingerprint density at radius 2 is 1.94 bits per heavy atom. The van der Waals surface area contributed by atoms with Crippen LogP contribution in [-0.4, -0.2) is 18.8 Å². The molecule has 1 aliphatic rings. The lowest BCUT2D eigenvalue weighted by molar-refractivity contribution is -0.00889. The number of methoxy groups -OCH3 is 1. The predicted molar refractivity (Wildman–Crippen MR) is 58.3 cm³/mol. The molecule has 0 bridgehead atoms. The Balaban J connectivity index is 1.87. The van der Waals surface area contributed by atoms with Crippen LogP contribution in [0.25, 0.3) is 0 Å². The molecule has 1 aromatic carbocycles. The quantitative estimate of drug-likeness (QED) is 0.839. The van der Waals surface area contributed by atoms with Crippen LogP contribution in [0.3, 0.4) is 0 Å². The van der Waals surface area contributed by atoms with Crippen LogP contribution in [0.5, 0.6) is 11.5 Å². The van der Waals surface area contributed by atoms with Crippen molar-refractivity contribution >= 4 is 0 Å². The van der Waals surface area contributed by atoms with Gasteiger partial charge in [0.25, 0.3) is 0 Å². The molecule has 0 saturated carbocycles. The second-order valence-corrected chi connectivity index (χ2v) is 3.35. The van der Waals surface area contributed by atoms with Crippen LogP contribution in [0, 0.1) is 0 Å². The highest BCUT2D eigenvalue weighted by atomic mass is 16.7. The standard InChI is InChI=1S/C11H14N2O3/c1-9-7-16-12-13(9)8-15-11-5-3-10(14-2)4-6-11/h3-7,12H,8H2,1-2H3. The van der Waals surface area contributed by atoms with Crippen molar-refractivity contribution < 1.29 is 14.3 Å². The molecule has 16 heavy (non-hydrogen) atoms. The molecule has 1 N–H and O–H groups in total. The van der Waals surface area contributed by atoms with E-state index in [9.17, 15) is 0 Å². The zero-order chi connectivity index (χ0) is 11.4. The molecule has 0 saturated heterocycles. The maximum Gasteiger partial charge on any atom is 0.177 e. The van der Waals surface area contributed by atoms with Gasteiger partial charge < -0.3 is 14.3 Å². The topological polar surface area (TPSA) is 43.0 Å². The number of hydrogen-bond donors (Lipinski definition) is 1. The van der Waals surface area contributed by atoms with E-state index in [1.807, 2.05) is 31.2 Å². The third kappa shape index (κ3) is 2.38. The van der Waals surface area contributed by atoms with Gasteiger partial charge in [-0.15, -0.1) is 0 Å². The van der Waals surface area contributed by atoms with Gasteiger partial charge in [0.05, 0.1) is 12.8 Å². The van der Waals surface area contributed by atoms with E-state index in [4.69, 9.17) is 14.3 Å². The van der Waals surface area contributed by atoms with Crippen LogP contribution in [0.4, 0.5) is 0 Å². The van der Waals surface area contributed by atoms with E-state index in [1.165, 1.54) is 0 Å². The van der Waals surface area contributed by atoms with Crippen LogP contribution in [-0.2, 0) is 4.84 Å². The van der Waals surface area contributed by atoms with E-state index in [0.29, 0.717) is 6.73 Å². The fourth-order valence-corrected chi connectivity index (χ4v) is 1.25. The van der Waals surface area contributed by atoms with Crippen LogP contribution in [0.2, 0.25) is 0 Å². The Hall–Kier alpha value is -1.88. The van der Waals surface area contributed by atoms with Gasteiger partial charge in [0.15, 0.2) is 6.73 Å². The third-order valence-corrected chi connectivity index (χ3v) is 2.24. The first-order valence-electron chi connectivity index (χ1n) is 4.92. The molecule has 1 aliphatic heterocycles. The smallest absolute Gasteiger partial charge is 0.177 e. The molecule has 0 unspecified atom stereocenters. The third-order valence-electron chi connectivity index (χ3n) is 2.24. The second kappa shape index (κ2) is 4.76. The van der Waals surface area contributed by atoms with Crippen molar-refractivity contribution in [3.8, 4) is 11.5 Å². The number of hydrogen-bond acceptors (Lipinski definition) is 5. The highest BCUT2D eigenvalue weighted by Crippen LogP contribution is 2.17. The maximum atomic E-state index is 5.55. The highest BCUT2D eigenvalue weighted by molar-refractivity contribution is 5.31. The van der Waals surface area contributed by atoms with Crippen LogP contribution in [0.15, 0.2) is 36.2 Å². The van der Waals surface area contributed by atoms with Gasteiger partial charge in [0, 0.05) is 0 Å². The lowest BCUT2D eigenvalue weighted by Gasteiger charge is -2.17. The summed E-state index contributed by atoms with van der Waals surface area (Å²) in [6.45, 7) is 2.31. The van der Waals surface area contributed by atoms with Gasteiger partial charge >= 0.3 is 0 Å². The summed E-state index contributed by atoms with van der Waals surface area (Å²) in [5.41, 5.74) is 3.66. The Kier molecular flexibility index (Phi) is 3.16. The summed E-state index contributed by atoms with van der Waals surface area (Å²) in [7, 11) is 1.63. The van der Waals surface area contributed by atoms with Crippen LogP contribution >= 0.6 is 0 Å². The number of allylic oxidation sites excluding steroid dienone is 1. The molecule has 0 radical (unpaired) electrons. The number of nitrogens with zero attached hydrogens (tertiary/aromatic N) is 1. The lowest BCUT2D eigenvalue weighted by atomic mass is 10.3. The Morgan fingerprint density at radius 1 is 1.25 bits per heavy atom. The normalized spacial score (nSPS) is 14.4. The summed E-state index contributed by atoms with van der Waals surface area (Å²) >= 11 is 0. The van der Waals surface area contributed by atoms with Gasteiger partial charge in [0.1, 0.15) is 17.8 Å². The Labute approximate surface area is 94.1 Å². The largest absolute Gasteiger partial charge is 0.497 e. The number of hydrazine groups is 1. The summed E-state index contributed by atoms with van der Waals surface area (Å²) in [6.07, 6.45) is 1.62. The number of benzene rings is 1. The van der Waals surface area contributed by atoms with Crippen molar-refractivity contribution in [3.05, 3.63) is 36.2 Å². The monoisotopic (exact) mass is 222 g/mol. The van der Waals surface area contributed by atoms with Gasteiger partial charge in [-0.05, 0) is 31.2 Å². The number of ether oxygens (including phenoxy) is 2. The zero-order valence-corrected chi connectivity index (χ0v) is 9.27. The number of rotatable bonds is 4. The average molecular weight is 222 g/mol. The van der Waals surface area contributed by atoms with Crippen molar-refractivity contribution in [2.45, 2.75) is 6.92 Å². The molecule has 0 amide bonds. The van der Waals surface area contributed by atoms with E-state index < -0.39 is 0 Å². The van der Waals surface area contributed by atoms with E-state index >= 15 is 0 Å². The molecule has 0 aliphatic carbocycles. The van der Waals surface area contributed by atoms with Crippen molar-refractivity contribution in [2.24, 2.45) is 0 Å². The van der Waals surface area contributed by atoms with Crippen molar-refractivity contribution in [2.75, 3.05) is 13.8 Å². The maximum absolute atomic E-state index is 5.55. The Morgan fingerprint density at radius 3 is 2.50 bits per heavy atom. The van der Waals surface area contributed by atoms with Gasteiger partial charge in [-0.25, -0.2) is 5.01 Å². The first-order valence-corrected chi connectivity index (χ1v) is 4.92. The minimum atomic E-state index is 0.384. The fraction of sp³-hybridized carbons (Fsp3) is 0.273.